The van der Waals surface area contributed by atoms with Crippen molar-refractivity contribution in [2.45, 2.75) is 24.8 Å². The normalized spacial score (nSPS) is 17.0. The smallest absolute Gasteiger partial charge is 0.191 e. The van der Waals surface area contributed by atoms with E-state index in [0.29, 0.717) is 0 Å². The van der Waals surface area contributed by atoms with Crippen LogP contribution in [0.4, 0.5) is 0 Å². The van der Waals surface area contributed by atoms with Gasteiger partial charge < -0.3 is 25.3 Å². The van der Waals surface area contributed by atoms with Gasteiger partial charge in [0.25, 0.3) is 0 Å². The van der Waals surface area contributed by atoms with E-state index in [2.05, 4.69) is 70.1 Å². The number of aromatic nitrogens is 1. The number of ether oxygens (including phenoxy) is 1. The number of H-pyrrole nitrogens is 1. The zero-order valence-corrected chi connectivity index (χ0v) is 18.9. The van der Waals surface area contributed by atoms with Gasteiger partial charge in [-0.05, 0) is 45.0 Å². The minimum atomic E-state index is 0. The van der Waals surface area contributed by atoms with E-state index in [0.717, 1.165) is 51.5 Å². The largest absolute Gasteiger partial charge is 0.381 e. The number of hydrogen-bond acceptors (Lipinski definition) is 3. The van der Waals surface area contributed by atoms with E-state index in [1.807, 2.05) is 7.05 Å². The van der Waals surface area contributed by atoms with E-state index in [-0.39, 0.29) is 29.5 Å². The monoisotopic (exact) mass is 485 g/mol. The van der Waals surface area contributed by atoms with E-state index >= 15 is 0 Å². The fraction of sp³-hybridized carbons (Fsp3) is 0.550. The summed E-state index contributed by atoms with van der Waals surface area (Å²) >= 11 is 0. The first-order chi connectivity index (χ1) is 12.6. The summed E-state index contributed by atoms with van der Waals surface area (Å²) in [5.41, 5.74) is 2.65. The van der Waals surface area contributed by atoms with Crippen LogP contribution in [0.25, 0.3) is 10.9 Å². The first kappa shape index (κ1) is 22.0. The molecule has 150 valence electrons. The van der Waals surface area contributed by atoms with Crippen molar-refractivity contribution in [2.75, 3.05) is 47.4 Å². The second-order valence-corrected chi connectivity index (χ2v) is 7.19. The molecular weight excluding hydrogens is 453 g/mol. The Bertz CT molecular complexity index is 737. The van der Waals surface area contributed by atoms with E-state index in [4.69, 9.17) is 4.74 Å². The Morgan fingerprint density at radius 3 is 2.67 bits per heavy atom. The van der Waals surface area contributed by atoms with Crippen molar-refractivity contribution in [3.8, 4) is 0 Å². The number of nitrogens with one attached hydrogen (secondary N) is 3. The number of benzene rings is 1. The highest BCUT2D eigenvalue weighted by atomic mass is 127. The topological polar surface area (TPSA) is 64.7 Å². The third-order valence-electron chi connectivity index (χ3n) is 5.54. The van der Waals surface area contributed by atoms with E-state index in [9.17, 15) is 0 Å². The Hall–Kier alpha value is -1.32. The Morgan fingerprint density at radius 2 is 1.96 bits per heavy atom. The van der Waals surface area contributed by atoms with Crippen molar-refractivity contribution in [1.29, 1.82) is 0 Å². The maximum Gasteiger partial charge on any atom is 0.191 e. The van der Waals surface area contributed by atoms with Crippen LogP contribution in [-0.4, -0.2) is 68.8 Å². The predicted octanol–water partition coefficient (Wildman–Crippen LogP) is 2.60. The van der Waals surface area contributed by atoms with Crippen LogP contribution in [0.15, 0.2) is 35.5 Å². The standard InChI is InChI=1S/C20H31N5O.HI/c1-21-19(24-15-20(25(2)3)9-12-26-13-10-20)22-11-8-16-14-23-18-7-5-4-6-17(16)18;/h4-7,14,23H,8-13,15H2,1-3H3,(H2,21,22,24);1H. The molecule has 3 N–H and O–H groups in total. The molecule has 0 bridgehead atoms. The molecule has 7 heteroatoms. The minimum Gasteiger partial charge on any atom is -0.381 e. The first-order valence-electron chi connectivity index (χ1n) is 9.39. The number of para-hydroxylation sites is 1. The molecule has 0 unspecified atom stereocenters. The summed E-state index contributed by atoms with van der Waals surface area (Å²) in [7, 11) is 6.13. The van der Waals surface area contributed by atoms with Gasteiger partial charge in [0.1, 0.15) is 0 Å². The lowest BCUT2D eigenvalue weighted by atomic mass is 9.88. The van der Waals surface area contributed by atoms with Gasteiger partial charge in [-0.15, -0.1) is 24.0 Å². The highest BCUT2D eigenvalue weighted by molar-refractivity contribution is 14.0. The molecule has 1 aliphatic heterocycles. The van der Waals surface area contributed by atoms with Gasteiger partial charge in [-0.3, -0.25) is 4.99 Å². The van der Waals surface area contributed by atoms with E-state index in [1.54, 1.807) is 0 Å². The van der Waals surface area contributed by atoms with Crippen molar-refractivity contribution in [2.24, 2.45) is 4.99 Å². The van der Waals surface area contributed by atoms with Crippen molar-refractivity contribution in [3.05, 3.63) is 36.0 Å². The molecule has 1 aromatic carbocycles. The number of rotatable bonds is 6. The number of aliphatic imine (C=N–C) groups is 1. The Morgan fingerprint density at radius 1 is 1.22 bits per heavy atom. The van der Waals surface area contributed by atoms with Crippen molar-refractivity contribution < 1.29 is 4.74 Å². The predicted molar refractivity (Wildman–Crippen MR) is 123 cm³/mol. The molecule has 1 fully saturated rings. The minimum absolute atomic E-state index is 0. The second-order valence-electron chi connectivity index (χ2n) is 7.19. The van der Waals surface area contributed by atoms with Gasteiger partial charge in [0.15, 0.2) is 5.96 Å². The Labute approximate surface area is 179 Å². The molecule has 0 saturated carbocycles. The third-order valence-corrected chi connectivity index (χ3v) is 5.54. The van der Waals surface area contributed by atoms with Crippen molar-refractivity contribution in [3.63, 3.8) is 0 Å². The number of hydrogen-bond donors (Lipinski definition) is 3. The molecule has 0 radical (unpaired) electrons. The summed E-state index contributed by atoms with van der Waals surface area (Å²) in [6.07, 6.45) is 5.14. The summed E-state index contributed by atoms with van der Waals surface area (Å²) < 4.78 is 5.55. The quantitative estimate of drug-likeness (QED) is 0.335. The summed E-state index contributed by atoms with van der Waals surface area (Å²) in [6.45, 7) is 3.37. The third kappa shape index (κ3) is 5.36. The summed E-state index contributed by atoms with van der Waals surface area (Å²) in [4.78, 5) is 10.0. The van der Waals surface area contributed by atoms with Gasteiger partial charge in [0.2, 0.25) is 0 Å². The molecular formula is C20H32IN5O. The van der Waals surface area contributed by atoms with E-state index in [1.165, 1.54) is 16.5 Å². The van der Waals surface area contributed by atoms with Gasteiger partial charge >= 0.3 is 0 Å². The number of likely N-dealkylation sites (N-methyl/N-ethyl adjacent to an activating group) is 1. The molecule has 2 aromatic rings. The number of halogens is 1. The molecule has 0 atom stereocenters. The van der Waals surface area contributed by atoms with Crippen LogP contribution in [0.3, 0.4) is 0 Å². The molecule has 6 nitrogen and oxygen atoms in total. The maximum absolute atomic E-state index is 5.55. The van der Waals surface area contributed by atoms with Crippen LogP contribution < -0.4 is 10.6 Å². The van der Waals surface area contributed by atoms with Gasteiger partial charge in [-0.1, -0.05) is 18.2 Å². The zero-order valence-electron chi connectivity index (χ0n) is 16.5. The fourth-order valence-electron chi connectivity index (χ4n) is 3.66. The summed E-state index contributed by atoms with van der Waals surface area (Å²) in [6, 6.07) is 8.42. The van der Waals surface area contributed by atoms with Crippen molar-refractivity contribution in [1.82, 2.24) is 20.5 Å². The van der Waals surface area contributed by atoms with Crippen LogP contribution in [0.5, 0.6) is 0 Å². The molecule has 1 aliphatic rings. The first-order valence-corrected chi connectivity index (χ1v) is 9.39. The van der Waals surface area contributed by atoms with Crippen molar-refractivity contribution >= 4 is 40.8 Å². The average molecular weight is 485 g/mol. The second kappa shape index (κ2) is 10.3. The molecule has 0 spiro atoms. The molecule has 0 aliphatic carbocycles. The lowest BCUT2D eigenvalue weighted by Gasteiger charge is -2.43. The van der Waals surface area contributed by atoms with Gasteiger partial charge in [-0.25, -0.2) is 0 Å². The van der Waals surface area contributed by atoms with E-state index < -0.39 is 0 Å². The zero-order chi connectivity index (χ0) is 18.4. The highest BCUT2D eigenvalue weighted by Crippen LogP contribution is 2.25. The summed E-state index contributed by atoms with van der Waals surface area (Å²) in [5.74, 6) is 0.859. The van der Waals surface area contributed by atoms with Crippen LogP contribution >= 0.6 is 24.0 Å². The Kier molecular flexibility index (Phi) is 8.37. The molecule has 1 saturated heterocycles. The average Bonchev–Trinajstić information content (AvgIpc) is 3.08. The van der Waals surface area contributed by atoms with Crippen LogP contribution in [-0.2, 0) is 11.2 Å². The van der Waals surface area contributed by atoms with Gasteiger partial charge in [-0.2, -0.15) is 0 Å². The number of guanidine groups is 1. The molecule has 0 amide bonds. The van der Waals surface area contributed by atoms with Crippen LogP contribution in [0, 0.1) is 0 Å². The van der Waals surface area contributed by atoms with Crippen LogP contribution in [0.1, 0.15) is 18.4 Å². The SMILES string of the molecule is CN=C(NCCc1c[nH]c2ccccc12)NCC1(N(C)C)CCOCC1.I. The number of nitrogens with zero attached hydrogens (tertiary/aromatic N) is 2. The molecule has 3 rings (SSSR count). The number of aromatic amines is 1. The van der Waals surface area contributed by atoms with Crippen LogP contribution in [0.2, 0.25) is 0 Å². The summed E-state index contributed by atoms with van der Waals surface area (Å²) in [5, 5.41) is 8.25. The lowest BCUT2D eigenvalue weighted by molar-refractivity contribution is -0.00500. The Balaban J connectivity index is 0.00000261. The lowest BCUT2D eigenvalue weighted by Crippen LogP contribution is -2.57. The molecule has 2 heterocycles. The van der Waals surface area contributed by atoms with Gasteiger partial charge in [0.05, 0.1) is 0 Å². The maximum atomic E-state index is 5.55. The highest BCUT2D eigenvalue weighted by Gasteiger charge is 2.34. The molecule has 27 heavy (non-hydrogen) atoms. The number of fused-ring (bicyclic) bond motifs is 1. The van der Waals surface area contributed by atoms with Gasteiger partial charge in [0, 0.05) is 56.0 Å². The fourth-order valence-corrected chi connectivity index (χ4v) is 3.66. The molecule has 1 aromatic heterocycles.